The zero-order valence-electron chi connectivity index (χ0n) is 12.4. The Morgan fingerprint density at radius 3 is 2.91 bits per heavy atom. The van der Waals surface area contributed by atoms with Gasteiger partial charge in [-0.25, -0.2) is 4.39 Å². The molecule has 0 saturated heterocycles. The standard InChI is InChI=1S/C17H18BrClFNO/c1-2-3-5-17-6-4-12(22)14(18)13(17)9-7-11(20)16(21)15(19)10(9)8-17/h7H,2-6,8,21H2,1H3. The molecule has 0 amide bonds. The molecule has 1 aromatic carbocycles. The number of unbranched alkanes of at least 4 members (excludes halogenated alkanes) is 1. The Labute approximate surface area is 143 Å². The van der Waals surface area contributed by atoms with Crippen LogP contribution in [0.4, 0.5) is 10.1 Å². The molecule has 2 nitrogen and oxygen atoms in total. The van der Waals surface area contributed by atoms with Crippen molar-refractivity contribution in [3.8, 4) is 0 Å². The van der Waals surface area contributed by atoms with Crippen LogP contribution in [-0.2, 0) is 11.2 Å². The van der Waals surface area contributed by atoms with Crippen molar-refractivity contribution >= 4 is 44.6 Å². The third-order valence-corrected chi connectivity index (χ3v) is 6.24. The fourth-order valence-electron chi connectivity index (χ4n) is 3.81. The quantitative estimate of drug-likeness (QED) is 0.720. The maximum Gasteiger partial charge on any atom is 0.170 e. The topological polar surface area (TPSA) is 43.1 Å². The molecule has 2 aliphatic rings. The molecule has 1 atom stereocenters. The lowest BCUT2D eigenvalue weighted by Gasteiger charge is -2.35. The van der Waals surface area contributed by atoms with Gasteiger partial charge >= 0.3 is 0 Å². The summed E-state index contributed by atoms with van der Waals surface area (Å²) < 4.78 is 14.7. The van der Waals surface area contributed by atoms with E-state index in [-0.39, 0.29) is 16.9 Å². The number of carbonyl (C=O) groups excluding carboxylic acids is 1. The number of carbonyl (C=O) groups is 1. The first-order valence-corrected chi connectivity index (χ1v) is 8.78. The summed E-state index contributed by atoms with van der Waals surface area (Å²) in [5.41, 5.74) is 8.22. The van der Waals surface area contributed by atoms with Crippen molar-refractivity contribution in [2.75, 3.05) is 5.73 Å². The average Bonchev–Trinajstić information content (AvgIpc) is 2.82. The predicted molar refractivity (Wildman–Crippen MR) is 91.6 cm³/mol. The van der Waals surface area contributed by atoms with Crippen LogP contribution in [0.1, 0.15) is 50.2 Å². The molecule has 0 radical (unpaired) electrons. The highest BCUT2D eigenvalue weighted by atomic mass is 79.9. The van der Waals surface area contributed by atoms with Crippen molar-refractivity contribution in [2.24, 2.45) is 5.41 Å². The number of hydrogen-bond donors (Lipinski definition) is 1. The Bertz CT molecular complexity index is 700. The molecule has 0 heterocycles. The van der Waals surface area contributed by atoms with Gasteiger partial charge in [-0.1, -0.05) is 31.4 Å². The number of benzene rings is 1. The average molecular weight is 387 g/mol. The van der Waals surface area contributed by atoms with Crippen molar-refractivity contribution < 1.29 is 9.18 Å². The second-order valence-corrected chi connectivity index (χ2v) is 7.46. The number of hydrogen-bond acceptors (Lipinski definition) is 2. The molecule has 3 rings (SSSR count). The molecule has 0 aromatic heterocycles. The smallest absolute Gasteiger partial charge is 0.170 e. The van der Waals surface area contributed by atoms with Crippen molar-refractivity contribution in [1.82, 2.24) is 0 Å². The number of fused-ring (bicyclic) bond motifs is 3. The Morgan fingerprint density at radius 1 is 1.50 bits per heavy atom. The summed E-state index contributed by atoms with van der Waals surface area (Å²) in [6.07, 6.45) is 5.19. The van der Waals surface area contributed by atoms with Gasteiger partial charge in [-0.3, -0.25) is 4.79 Å². The monoisotopic (exact) mass is 385 g/mol. The molecule has 118 valence electrons. The molecule has 5 heteroatoms. The van der Waals surface area contributed by atoms with Crippen LogP contribution in [0.2, 0.25) is 5.02 Å². The number of ketones is 1. The Hall–Kier alpha value is -0.870. The Kier molecular flexibility index (Phi) is 4.11. The lowest BCUT2D eigenvalue weighted by atomic mass is 9.69. The first kappa shape index (κ1) is 16.0. The fraction of sp³-hybridized carbons (Fsp3) is 0.471. The van der Waals surface area contributed by atoms with E-state index >= 15 is 0 Å². The number of allylic oxidation sites excluding steroid dienone is 2. The summed E-state index contributed by atoms with van der Waals surface area (Å²) >= 11 is 9.76. The molecule has 0 saturated carbocycles. The predicted octanol–water partition coefficient (Wildman–Crippen LogP) is 5.26. The SMILES string of the molecule is CCCCC12CCC(=O)C(Br)=C1c1cc(F)c(N)c(Cl)c1C2. The molecular formula is C17H18BrClFNO. The summed E-state index contributed by atoms with van der Waals surface area (Å²) in [6.45, 7) is 2.15. The second-order valence-electron chi connectivity index (χ2n) is 6.28. The summed E-state index contributed by atoms with van der Waals surface area (Å²) in [5, 5.41) is 0.306. The van der Waals surface area contributed by atoms with Gasteiger partial charge in [-0.15, -0.1) is 0 Å². The van der Waals surface area contributed by atoms with Gasteiger partial charge in [-0.05, 0) is 58.0 Å². The molecule has 22 heavy (non-hydrogen) atoms. The van der Waals surface area contributed by atoms with E-state index in [1.165, 1.54) is 6.07 Å². The van der Waals surface area contributed by atoms with Crippen LogP contribution in [0.3, 0.4) is 0 Å². The van der Waals surface area contributed by atoms with Gasteiger partial charge in [0.15, 0.2) is 5.78 Å². The van der Waals surface area contributed by atoms with E-state index in [0.29, 0.717) is 15.9 Å². The molecule has 1 aromatic rings. The van der Waals surface area contributed by atoms with Crippen LogP contribution < -0.4 is 5.73 Å². The highest BCUT2D eigenvalue weighted by molar-refractivity contribution is 9.12. The summed E-state index contributed by atoms with van der Waals surface area (Å²) in [4.78, 5) is 12.1. The Morgan fingerprint density at radius 2 is 2.23 bits per heavy atom. The number of halogens is 3. The molecule has 0 bridgehead atoms. The minimum absolute atomic E-state index is 0.00718. The first-order valence-electron chi connectivity index (χ1n) is 7.61. The lowest BCUT2D eigenvalue weighted by Crippen LogP contribution is -2.27. The summed E-state index contributed by atoms with van der Waals surface area (Å²) in [7, 11) is 0. The van der Waals surface area contributed by atoms with Crippen LogP contribution in [-0.4, -0.2) is 5.78 Å². The van der Waals surface area contributed by atoms with Crippen LogP contribution in [0, 0.1) is 11.2 Å². The molecular weight excluding hydrogens is 369 g/mol. The van der Waals surface area contributed by atoms with E-state index in [1.54, 1.807) is 0 Å². The molecule has 2 N–H and O–H groups in total. The van der Waals surface area contributed by atoms with Gasteiger partial charge in [0.1, 0.15) is 5.82 Å². The van der Waals surface area contributed by atoms with Gasteiger partial charge in [0.2, 0.25) is 0 Å². The van der Waals surface area contributed by atoms with E-state index in [2.05, 4.69) is 22.9 Å². The third kappa shape index (κ3) is 2.23. The van der Waals surface area contributed by atoms with Crippen LogP contribution in [0.25, 0.3) is 5.57 Å². The van der Waals surface area contributed by atoms with Gasteiger partial charge in [0.25, 0.3) is 0 Å². The van der Waals surface area contributed by atoms with Crippen LogP contribution in [0.5, 0.6) is 0 Å². The Balaban J connectivity index is 2.23. The van der Waals surface area contributed by atoms with Crippen molar-refractivity contribution in [1.29, 1.82) is 0 Å². The molecule has 2 aliphatic carbocycles. The minimum Gasteiger partial charge on any atom is -0.395 e. The van der Waals surface area contributed by atoms with Crippen LogP contribution >= 0.6 is 27.5 Å². The van der Waals surface area contributed by atoms with E-state index < -0.39 is 5.82 Å². The van der Waals surface area contributed by atoms with Crippen LogP contribution in [0.15, 0.2) is 10.5 Å². The van der Waals surface area contributed by atoms with E-state index in [1.807, 2.05) is 0 Å². The molecule has 0 fully saturated rings. The number of anilines is 1. The maximum absolute atomic E-state index is 14.1. The van der Waals surface area contributed by atoms with Gasteiger partial charge in [-0.2, -0.15) is 0 Å². The number of rotatable bonds is 3. The molecule has 1 unspecified atom stereocenters. The number of nitrogen functional groups attached to an aromatic ring is 1. The van der Waals surface area contributed by atoms with Crippen molar-refractivity contribution in [3.05, 3.63) is 32.5 Å². The second kappa shape index (κ2) is 5.64. The zero-order chi connectivity index (χ0) is 16.1. The van der Waals surface area contributed by atoms with E-state index in [4.69, 9.17) is 17.3 Å². The zero-order valence-corrected chi connectivity index (χ0v) is 14.8. The third-order valence-electron chi connectivity index (χ3n) is 4.97. The fourth-order valence-corrected chi connectivity index (χ4v) is 4.90. The largest absolute Gasteiger partial charge is 0.395 e. The molecule has 0 spiro atoms. The number of Topliss-reactive ketones (excluding diaryl/α,β-unsaturated/α-hetero) is 1. The first-order chi connectivity index (χ1) is 10.4. The van der Waals surface area contributed by atoms with Gasteiger partial charge in [0.05, 0.1) is 15.2 Å². The van der Waals surface area contributed by atoms with E-state index in [0.717, 1.165) is 48.8 Å². The van der Waals surface area contributed by atoms with Crippen molar-refractivity contribution in [2.45, 2.75) is 45.4 Å². The highest BCUT2D eigenvalue weighted by Gasteiger charge is 2.47. The summed E-state index contributed by atoms with van der Waals surface area (Å²) in [5.74, 6) is -0.427. The lowest BCUT2D eigenvalue weighted by molar-refractivity contribution is -0.115. The number of nitrogens with two attached hydrogens (primary N) is 1. The normalized spacial score (nSPS) is 23.7. The van der Waals surface area contributed by atoms with Crippen molar-refractivity contribution in [3.63, 3.8) is 0 Å². The minimum atomic E-state index is -0.513. The highest BCUT2D eigenvalue weighted by Crippen LogP contribution is 2.59. The van der Waals surface area contributed by atoms with E-state index in [9.17, 15) is 9.18 Å². The van der Waals surface area contributed by atoms with Gasteiger partial charge < -0.3 is 5.73 Å². The summed E-state index contributed by atoms with van der Waals surface area (Å²) in [6, 6.07) is 1.44. The molecule has 0 aliphatic heterocycles. The van der Waals surface area contributed by atoms with Gasteiger partial charge in [0, 0.05) is 11.8 Å². The maximum atomic E-state index is 14.1.